The molecule has 0 saturated heterocycles. The van der Waals surface area contributed by atoms with Gasteiger partial charge < -0.3 is 5.32 Å². The van der Waals surface area contributed by atoms with E-state index in [4.69, 9.17) is 0 Å². The molecule has 0 unspecified atom stereocenters. The Morgan fingerprint density at radius 2 is 2.38 bits per heavy atom. The van der Waals surface area contributed by atoms with Crippen molar-refractivity contribution < 1.29 is 4.79 Å². The molecule has 0 aromatic carbocycles. The van der Waals surface area contributed by atoms with Gasteiger partial charge in [0, 0.05) is 19.4 Å². The fourth-order valence-corrected chi connectivity index (χ4v) is 1.11. The van der Waals surface area contributed by atoms with Crippen LogP contribution in [0.25, 0.3) is 5.65 Å². The van der Waals surface area contributed by atoms with Gasteiger partial charge >= 0.3 is 0 Å². The first-order chi connectivity index (χ1) is 6.33. The third kappa shape index (κ3) is 1.14. The second kappa shape index (κ2) is 2.85. The summed E-state index contributed by atoms with van der Waals surface area (Å²) in [6, 6.07) is 1.78. The molecule has 5 heteroatoms. The van der Waals surface area contributed by atoms with Crippen LogP contribution in [0.15, 0.2) is 24.8 Å². The van der Waals surface area contributed by atoms with Crippen molar-refractivity contribution >= 4 is 11.6 Å². The van der Waals surface area contributed by atoms with Gasteiger partial charge in [-0.1, -0.05) is 0 Å². The van der Waals surface area contributed by atoms with Crippen molar-refractivity contribution in [2.75, 3.05) is 7.05 Å². The quantitative estimate of drug-likeness (QED) is 0.669. The molecule has 5 nitrogen and oxygen atoms in total. The highest BCUT2D eigenvalue weighted by Crippen LogP contribution is 2.04. The molecule has 2 heterocycles. The Hall–Kier alpha value is -1.91. The maximum Gasteiger partial charge on any atom is 0.273 e. The molecule has 2 aromatic heterocycles. The van der Waals surface area contributed by atoms with Gasteiger partial charge in [-0.05, 0) is 6.07 Å². The number of fused-ring (bicyclic) bond motifs is 1. The highest BCUT2D eigenvalue weighted by atomic mass is 16.1. The number of hydrogen-bond donors (Lipinski definition) is 1. The predicted octanol–water partition coefficient (Wildman–Crippen LogP) is 0.0889. The van der Waals surface area contributed by atoms with E-state index in [1.165, 1.54) is 0 Å². The summed E-state index contributed by atoms with van der Waals surface area (Å²) in [7, 11) is 1.57. The minimum absolute atomic E-state index is 0.221. The zero-order valence-corrected chi connectivity index (χ0v) is 7.06. The van der Waals surface area contributed by atoms with Gasteiger partial charge in [-0.25, -0.2) is 9.97 Å². The Bertz CT molecular complexity index is 448. The minimum atomic E-state index is -0.221. The van der Waals surface area contributed by atoms with Gasteiger partial charge in [-0.15, -0.1) is 0 Å². The summed E-state index contributed by atoms with van der Waals surface area (Å²) in [5.74, 6) is -0.221. The molecule has 0 aliphatic carbocycles. The lowest BCUT2D eigenvalue weighted by Gasteiger charge is -1.94. The highest BCUT2D eigenvalue weighted by Gasteiger charge is 2.11. The van der Waals surface area contributed by atoms with Crippen molar-refractivity contribution in [1.82, 2.24) is 19.7 Å². The van der Waals surface area contributed by atoms with Gasteiger partial charge in [0.25, 0.3) is 5.91 Å². The second-order valence-corrected chi connectivity index (χ2v) is 2.52. The Balaban J connectivity index is 2.64. The number of carbonyl (C=O) groups excluding carboxylic acids is 1. The molecule has 13 heavy (non-hydrogen) atoms. The molecule has 2 rings (SSSR count). The third-order valence-corrected chi connectivity index (χ3v) is 1.74. The number of rotatable bonds is 1. The first-order valence-corrected chi connectivity index (χ1v) is 3.82. The molecule has 0 radical (unpaired) electrons. The molecule has 0 spiro atoms. The van der Waals surface area contributed by atoms with E-state index in [2.05, 4.69) is 15.3 Å². The summed E-state index contributed by atoms with van der Waals surface area (Å²) >= 11 is 0. The summed E-state index contributed by atoms with van der Waals surface area (Å²) in [6.45, 7) is 0. The molecule has 0 fully saturated rings. The monoisotopic (exact) mass is 176 g/mol. The van der Waals surface area contributed by atoms with E-state index in [-0.39, 0.29) is 5.91 Å². The number of amides is 1. The zero-order valence-electron chi connectivity index (χ0n) is 7.06. The number of nitrogens with one attached hydrogen (secondary N) is 1. The molecule has 0 atom stereocenters. The average Bonchev–Trinajstić information content (AvgIpc) is 2.60. The first-order valence-electron chi connectivity index (χ1n) is 3.82. The van der Waals surface area contributed by atoms with Gasteiger partial charge in [-0.3, -0.25) is 9.20 Å². The van der Waals surface area contributed by atoms with Crippen LogP contribution >= 0.6 is 0 Å². The Morgan fingerprint density at radius 3 is 3.15 bits per heavy atom. The van der Waals surface area contributed by atoms with Gasteiger partial charge in [0.2, 0.25) is 0 Å². The zero-order chi connectivity index (χ0) is 9.26. The van der Waals surface area contributed by atoms with Crippen molar-refractivity contribution in [3.8, 4) is 0 Å². The van der Waals surface area contributed by atoms with Crippen molar-refractivity contribution in [1.29, 1.82) is 0 Å². The maximum atomic E-state index is 11.3. The van der Waals surface area contributed by atoms with Gasteiger partial charge in [0.1, 0.15) is 6.33 Å². The van der Waals surface area contributed by atoms with E-state index in [1.807, 2.05) is 0 Å². The van der Waals surface area contributed by atoms with E-state index in [0.29, 0.717) is 11.3 Å². The number of aromatic nitrogens is 3. The van der Waals surface area contributed by atoms with Crippen molar-refractivity contribution in [2.45, 2.75) is 0 Å². The van der Waals surface area contributed by atoms with Crippen LogP contribution < -0.4 is 5.32 Å². The number of imidazole rings is 1. The Kier molecular flexibility index (Phi) is 1.70. The van der Waals surface area contributed by atoms with Crippen LogP contribution in [0, 0.1) is 0 Å². The number of nitrogens with zero attached hydrogens (tertiary/aromatic N) is 3. The molecule has 0 bridgehead atoms. The molecular weight excluding hydrogens is 168 g/mol. The van der Waals surface area contributed by atoms with Crippen LogP contribution in [-0.2, 0) is 0 Å². The van der Waals surface area contributed by atoms with Crippen LogP contribution in [0.4, 0.5) is 0 Å². The lowest BCUT2D eigenvalue weighted by molar-refractivity contribution is 0.0960. The molecule has 0 aliphatic rings. The molecule has 0 aliphatic heterocycles. The van der Waals surface area contributed by atoms with Crippen LogP contribution in [0.1, 0.15) is 10.5 Å². The Morgan fingerprint density at radius 1 is 1.54 bits per heavy atom. The predicted molar refractivity (Wildman–Crippen MR) is 46.4 cm³/mol. The number of hydrogen-bond acceptors (Lipinski definition) is 3. The molecule has 1 N–H and O–H groups in total. The average molecular weight is 176 g/mol. The summed E-state index contributed by atoms with van der Waals surface area (Å²) in [6.07, 6.45) is 4.98. The van der Waals surface area contributed by atoms with E-state index in [0.717, 1.165) is 0 Å². The van der Waals surface area contributed by atoms with E-state index in [9.17, 15) is 4.79 Å². The summed E-state index contributed by atoms with van der Waals surface area (Å²) < 4.78 is 1.70. The molecule has 1 amide bonds. The van der Waals surface area contributed by atoms with Gasteiger partial charge in [0.15, 0.2) is 11.3 Å². The fourth-order valence-electron chi connectivity index (χ4n) is 1.11. The van der Waals surface area contributed by atoms with Crippen LogP contribution in [0.2, 0.25) is 0 Å². The maximum absolute atomic E-state index is 11.3. The standard InChI is InChI=1S/C8H8N4O/c1-9-8(13)6-7-10-3-2-4-12(7)5-11-6/h2-5H,1H3,(H,9,13). The molecular formula is C8H8N4O. The third-order valence-electron chi connectivity index (χ3n) is 1.74. The van der Waals surface area contributed by atoms with Gasteiger partial charge in [-0.2, -0.15) is 0 Å². The van der Waals surface area contributed by atoms with Crippen molar-refractivity contribution in [2.24, 2.45) is 0 Å². The van der Waals surface area contributed by atoms with Gasteiger partial charge in [0.05, 0.1) is 0 Å². The summed E-state index contributed by atoms with van der Waals surface area (Å²) in [5, 5.41) is 2.50. The SMILES string of the molecule is CNC(=O)c1ncn2cccnc12. The Labute approximate surface area is 74.4 Å². The normalized spacial score (nSPS) is 10.2. The fraction of sp³-hybridized carbons (Fsp3) is 0.125. The molecule has 2 aromatic rings. The second-order valence-electron chi connectivity index (χ2n) is 2.52. The number of carbonyl (C=O) groups is 1. The summed E-state index contributed by atoms with van der Waals surface area (Å²) in [4.78, 5) is 19.3. The van der Waals surface area contributed by atoms with E-state index < -0.39 is 0 Å². The van der Waals surface area contributed by atoms with Crippen molar-refractivity contribution in [3.63, 3.8) is 0 Å². The topological polar surface area (TPSA) is 59.3 Å². The largest absolute Gasteiger partial charge is 0.354 e. The van der Waals surface area contributed by atoms with Crippen LogP contribution in [-0.4, -0.2) is 27.3 Å². The summed E-state index contributed by atoms with van der Waals surface area (Å²) in [5.41, 5.74) is 0.921. The van der Waals surface area contributed by atoms with E-state index >= 15 is 0 Å². The lowest BCUT2D eigenvalue weighted by atomic mass is 10.4. The van der Waals surface area contributed by atoms with Crippen LogP contribution in [0.5, 0.6) is 0 Å². The smallest absolute Gasteiger partial charge is 0.273 e. The van der Waals surface area contributed by atoms with Crippen LogP contribution in [0.3, 0.4) is 0 Å². The lowest BCUT2D eigenvalue weighted by Crippen LogP contribution is -2.18. The first kappa shape index (κ1) is 7.72. The van der Waals surface area contributed by atoms with Crippen molar-refractivity contribution in [3.05, 3.63) is 30.5 Å². The van der Waals surface area contributed by atoms with E-state index in [1.54, 1.807) is 36.2 Å². The highest BCUT2D eigenvalue weighted by molar-refractivity contribution is 5.97. The molecule has 66 valence electrons. The minimum Gasteiger partial charge on any atom is -0.354 e. The molecule has 0 saturated carbocycles.